The normalized spacial score (nSPS) is 11.8. The molecule has 0 aliphatic carbocycles. The zero-order valence-electron chi connectivity index (χ0n) is 34.7. The van der Waals surface area contributed by atoms with Gasteiger partial charge in [-0.3, -0.25) is 0 Å². The van der Waals surface area contributed by atoms with Crippen LogP contribution in [0, 0.1) is 0 Å². The van der Waals surface area contributed by atoms with E-state index < -0.39 is 0 Å². The number of benzene rings is 10. The Labute approximate surface area is 369 Å². The van der Waals surface area contributed by atoms with E-state index in [1.807, 2.05) is 0 Å². The molecule has 0 spiro atoms. The summed E-state index contributed by atoms with van der Waals surface area (Å²) >= 11 is 0. The Bertz CT molecular complexity index is 3920. The van der Waals surface area contributed by atoms with Crippen LogP contribution < -0.4 is 0 Å². The quantitative estimate of drug-likeness (QED) is 0.168. The first kappa shape index (κ1) is 36.1. The average Bonchev–Trinajstić information content (AvgIpc) is 3.89. The highest BCUT2D eigenvalue weighted by Crippen LogP contribution is 2.40. The van der Waals surface area contributed by atoms with Crippen molar-refractivity contribution in [2.75, 3.05) is 0 Å². The van der Waals surface area contributed by atoms with Crippen molar-refractivity contribution in [3.8, 4) is 56.3 Å². The second-order valence-electron chi connectivity index (χ2n) is 16.6. The minimum Gasteiger partial charge on any atom is -0.309 e. The van der Waals surface area contributed by atoms with Crippen molar-refractivity contribution in [2.45, 2.75) is 0 Å². The highest BCUT2D eigenvalue weighted by molar-refractivity contribution is 6.19. The molecule has 64 heavy (non-hydrogen) atoms. The maximum atomic E-state index is 5.33. The van der Waals surface area contributed by atoms with Crippen molar-refractivity contribution >= 4 is 65.3 Å². The molecule has 0 aliphatic rings. The van der Waals surface area contributed by atoms with Gasteiger partial charge in [0.1, 0.15) is 0 Å². The van der Waals surface area contributed by atoms with E-state index in [1.165, 1.54) is 54.4 Å². The molecule has 0 saturated heterocycles. The molecular weight excluding hydrogens is 777 g/mol. The van der Waals surface area contributed by atoms with Gasteiger partial charge in [0.05, 0.1) is 33.3 Å². The molecular formula is C60H38N4. The Morgan fingerprint density at radius 1 is 0.281 bits per heavy atom. The summed E-state index contributed by atoms with van der Waals surface area (Å²) in [5.74, 6) is 0.700. The summed E-state index contributed by atoms with van der Waals surface area (Å²) in [7, 11) is 0. The molecule has 0 unspecified atom stereocenters. The zero-order valence-corrected chi connectivity index (χ0v) is 34.7. The Hall–Kier alpha value is -8.60. The molecule has 13 aromatic rings. The van der Waals surface area contributed by atoms with E-state index in [2.05, 4.69) is 240 Å². The molecule has 4 heteroatoms. The topological polar surface area (TPSA) is 35.6 Å². The van der Waals surface area contributed by atoms with Crippen molar-refractivity contribution < 1.29 is 0 Å². The van der Waals surface area contributed by atoms with E-state index in [4.69, 9.17) is 9.97 Å². The molecule has 3 heterocycles. The molecule has 4 nitrogen and oxygen atoms in total. The van der Waals surface area contributed by atoms with Crippen molar-refractivity contribution in [1.29, 1.82) is 0 Å². The Balaban J connectivity index is 0.918. The molecule has 0 amide bonds. The summed E-state index contributed by atoms with van der Waals surface area (Å²) in [5, 5.41) is 8.46. The smallest absolute Gasteiger partial charge is 0.160 e. The minimum atomic E-state index is 0.700. The van der Waals surface area contributed by atoms with Crippen LogP contribution >= 0.6 is 0 Å². The lowest BCUT2D eigenvalue weighted by Gasteiger charge is -2.13. The van der Waals surface area contributed by atoms with Crippen LogP contribution in [0.5, 0.6) is 0 Å². The molecule has 0 radical (unpaired) electrons. The summed E-state index contributed by atoms with van der Waals surface area (Å²) in [4.78, 5) is 10.6. The molecule has 298 valence electrons. The predicted octanol–water partition coefficient (Wildman–Crippen LogP) is 15.6. The Kier molecular flexibility index (Phi) is 8.18. The molecule has 0 aliphatic heterocycles. The fraction of sp³-hybridized carbons (Fsp3) is 0. The van der Waals surface area contributed by atoms with Crippen molar-refractivity contribution in [3.05, 3.63) is 231 Å². The van der Waals surface area contributed by atoms with E-state index in [-0.39, 0.29) is 0 Å². The Morgan fingerprint density at radius 2 is 0.797 bits per heavy atom. The maximum absolute atomic E-state index is 5.33. The molecule has 10 aromatic carbocycles. The highest BCUT2D eigenvalue weighted by Gasteiger charge is 2.18. The van der Waals surface area contributed by atoms with E-state index in [0.717, 1.165) is 61.4 Å². The standard InChI is InChI=1S/C60H38N4/c1-4-15-41(16-5-1)58-53-36-43(45-30-33-51-52-34-28-40-14-10-11-21-48(40)59(52)64(57(51)38-45)47-19-8-3-9-20-47)31-35-54(53)61-60(62-58)42-26-24-39(25-27-42)44-29-32-50-49-22-12-13-23-55(49)63(56(50)37-44)46-17-6-2-7-18-46/h1-38H. The third-order valence-electron chi connectivity index (χ3n) is 12.9. The Morgan fingerprint density at radius 3 is 1.55 bits per heavy atom. The lowest BCUT2D eigenvalue weighted by molar-refractivity contribution is 1.18. The van der Waals surface area contributed by atoms with E-state index in [1.54, 1.807) is 0 Å². The number of nitrogens with zero attached hydrogens (tertiary/aromatic N) is 4. The first-order valence-corrected chi connectivity index (χ1v) is 21.8. The van der Waals surface area contributed by atoms with Gasteiger partial charge in [-0.2, -0.15) is 0 Å². The lowest BCUT2D eigenvalue weighted by atomic mass is 9.98. The van der Waals surface area contributed by atoms with E-state index in [0.29, 0.717) is 5.82 Å². The molecule has 13 rings (SSSR count). The number of rotatable bonds is 6. The van der Waals surface area contributed by atoms with Gasteiger partial charge >= 0.3 is 0 Å². The van der Waals surface area contributed by atoms with Crippen LogP contribution in [0.15, 0.2) is 231 Å². The number of hydrogen-bond donors (Lipinski definition) is 0. The van der Waals surface area contributed by atoms with Crippen LogP contribution in [-0.4, -0.2) is 19.1 Å². The van der Waals surface area contributed by atoms with Crippen LogP contribution in [0.2, 0.25) is 0 Å². The summed E-state index contributed by atoms with van der Waals surface area (Å²) in [6.07, 6.45) is 0. The van der Waals surface area contributed by atoms with Gasteiger partial charge in [-0.25, -0.2) is 9.97 Å². The van der Waals surface area contributed by atoms with Gasteiger partial charge < -0.3 is 9.13 Å². The van der Waals surface area contributed by atoms with Crippen LogP contribution in [0.3, 0.4) is 0 Å². The second kappa shape index (κ2) is 14.5. The summed E-state index contributed by atoms with van der Waals surface area (Å²) < 4.78 is 4.79. The second-order valence-corrected chi connectivity index (χ2v) is 16.6. The van der Waals surface area contributed by atoms with Gasteiger partial charge in [-0.05, 0) is 82.2 Å². The number of hydrogen-bond acceptors (Lipinski definition) is 2. The third-order valence-corrected chi connectivity index (χ3v) is 12.9. The predicted molar refractivity (Wildman–Crippen MR) is 267 cm³/mol. The van der Waals surface area contributed by atoms with Gasteiger partial charge in [-0.15, -0.1) is 0 Å². The zero-order chi connectivity index (χ0) is 42.1. The molecule has 0 N–H and O–H groups in total. The van der Waals surface area contributed by atoms with Crippen LogP contribution in [-0.2, 0) is 0 Å². The summed E-state index contributed by atoms with van der Waals surface area (Å²) in [6, 6.07) is 82.7. The highest BCUT2D eigenvalue weighted by atomic mass is 15.0. The molecule has 0 fully saturated rings. The molecule has 0 saturated carbocycles. The fourth-order valence-electron chi connectivity index (χ4n) is 9.87. The van der Waals surface area contributed by atoms with Crippen LogP contribution in [0.1, 0.15) is 0 Å². The van der Waals surface area contributed by atoms with Crippen LogP contribution in [0.4, 0.5) is 0 Å². The first-order chi connectivity index (χ1) is 31.7. The lowest BCUT2D eigenvalue weighted by Crippen LogP contribution is -1.96. The van der Waals surface area contributed by atoms with Gasteiger partial charge in [0.15, 0.2) is 5.82 Å². The number of aromatic nitrogens is 4. The van der Waals surface area contributed by atoms with Gasteiger partial charge in [0.2, 0.25) is 0 Å². The maximum Gasteiger partial charge on any atom is 0.160 e. The van der Waals surface area contributed by atoms with Crippen LogP contribution in [0.25, 0.3) is 122 Å². The monoisotopic (exact) mass is 814 g/mol. The van der Waals surface area contributed by atoms with E-state index >= 15 is 0 Å². The average molecular weight is 815 g/mol. The number of fused-ring (bicyclic) bond motifs is 9. The first-order valence-electron chi connectivity index (χ1n) is 21.8. The molecule has 0 bridgehead atoms. The van der Waals surface area contributed by atoms with Gasteiger partial charge in [-0.1, -0.05) is 176 Å². The van der Waals surface area contributed by atoms with Crippen molar-refractivity contribution in [2.24, 2.45) is 0 Å². The summed E-state index contributed by atoms with van der Waals surface area (Å²) in [5.41, 5.74) is 15.5. The van der Waals surface area contributed by atoms with Crippen molar-refractivity contribution in [1.82, 2.24) is 19.1 Å². The van der Waals surface area contributed by atoms with Gasteiger partial charge in [0, 0.05) is 54.8 Å². The van der Waals surface area contributed by atoms with E-state index in [9.17, 15) is 0 Å². The molecule has 0 atom stereocenters. The number of para-hydroxylation sites is 3. The summed E-state index contributed by atoms with van der Waals surface area (Å²) in [6.45, 7) is 0. The largest absolute Gasteiger partial charge is 0.309 e. The van der Waals surface area contributed by atoms with Crippen molar-refractivity contribution in [3.63, 3.8) is 0 Å². The SMILES string of the molecule is c1ccc(-c2nc(-c3ccc(-c4ccc5c6ccccc6n(-c6ccccc6)c5c4)cc3)nc3ccc(-c4ccc5c6ccc7ccccc7c6n(-c6ccccc6)c5c4)cc23)cc1. The van der Waals surface area contributed by atoms with Gasteiger partial charge in [0.25, 0.3) is 0 Å². The fourth-order valence-corrected chi connectivity index (χ4v) is 9.87. The minimum absolute atomic E-state index is 0.700. The third kappa shape index (κ3) is 5.77. The molecule has 3 aromatic heterocycles.